The average Bonchev–Trinajstić information content (AvgIpc) is 2.41. The highest BCUT2D eigenvalue weighted by Gasteiger charge is 2.59. The van der Waals surface area contributed by atoms with Crippen LogP contribution in [0.15, 0.2) is 0 Å². The highest BCUT2D eigenvalue weighted by Crippen LogP contribution is 2.57. The molecule has 9 heteroatoms. The molecular formula is C12H15F2O6S-. The lowest BCUT2D eigenvalue weighted by atomic mass is 9.53. The van der Waals surface area contributed by atoms with Crippen LogP contribution in [0.4, 0.5) is 8.78 Å². The summed E-state index contributed by atoms with van der Waals surface area (Å²) in [6.45, 7) is 0. The van der Waals surface area contributed by atoms with E-state index in [0.717, 1.165) is 12.8 Å². The predicted octanol–water partition coefficient (Wildman–Crippen LogP) is 0.934. The number of hydrogen-bond acceptors (Lipinski definition) is 7. The second-order valence-corrected chi connectivity index (χ2v) is 7.08. The van der Waals surface area contributed by atoms with E-state index in [9.17, 15) is 23.9 Å². The number of hydrogen-bond donors (Lipinski definition) is 1. The molecule has 0 amide bonds. The van der Waals surface area contributed by atoms with Crippen LogP contribution in [-0.2, 0) is 18.9 Å². The zero-order chi connectivity index (χ0) is 15.3. The summed E-state index contributed by atoms with van der Waals surface area (Å²) in [5, 5.41) is 18.5. The molecule has 6 nitrogen and oxygen atoms in total. The number of aliphatic hydroxyl groups excluding tert-OH is 1. The molecule has 4 aliphatic rings. The summed E-state index contributed by atoms with van der Waals surface area (Å²) in [4.78, 5) is 11.6. The van der Waals surface area contributed by atoms with E-state index in [1.54, 1.807) is 0 Å². The molecule has 0 aromatic carbocycles. The third kappa shape index (κ3) is 2.77. The Balaban J connectivity index is 1.69. The van der Waals surface area contributed by atoms with Gasteiger partial charge >= 0.3 is 11.2 Å². The zero-order valence-electron chi connectivity index (χ0n) is 11.0. The maximum atomic E-state index is 13.5. The highest BCUT2D eigenvalue weighted by atomic mass is 32.2. The normalized spacial score (nSPS) is 41.3. The standard InChI is InChI=1S/C12H16F2O6S/c13-12(14,21-20-19-17)10(16)18-11-3-6-1-7(4-11)9(15)8(2-6)5-11/h6-9,15,17H,1-5H2/p-1. The molecular weight excluding hydrogens is 310 g/mol. The van der Waals surface area contributed by atoms with Crippen LogP contribution >= 0.6 is 12.0 Å². The fraction of sp³-hybridized carbons (Fsp3) is 0.917. The van der Waals surface area contributed by atoms with Crippen LogP contribution in [0.3, 0.4) is 0 Å². The number of rotatable bonds is 5. The van der Waals surface area contributed by atoms with Gasteiger partial charge in [-0.15, -0.1) is 0 Å². The Morgan fingerprint density at radius 2 is 1.90 bits per heavy atom. The third-order valence-electron chi connectivity index (χ3n) is 4.88. The van der Waals surface area contributed by atoms with E-state index in [0.29, 0.717) is 25.2 Å². The summed E-state index contributed by atoms with van der Waals surface area (Å²) in [5.74, 6) is -1.42. The summed E-state index contributed by atoms with van der Waals surface area (Å²) in [5.41, 5.74) is -0.922. The minimum atomic E-state index is -4.01. The Bertz CT molecular complexity index is 418. The topological polar surface area (TPSA) is 88.1 Å². The maximum Gasteiger partial charge on any atom is 0.415 e. The Hall–Kier alpha value is -0.480. The third-order valence-corrected chi connectivity index (χ3v) is 5.38. The molecule has 0 aromatic rings. The van der Waals surface area contributed by atoms with Crippen LogP contribution in [0.1, 0.15) is 32.1 Å². The molecule has 4 rings (SSSR count). The van der Waals surface area contributed by atoms with Gasteiger partial charge in [0.25, 0.3) is 0 Å². The van der Waals surface area contributed by atoms with Crippen molar-refractivity contribution in [3.63, 3.8) is 0 Å². The van der Waals surface area contributed by atoms with Crippen LogP contribution in [0, 0.1) is 17.8 Å². The quantitative estimate of drug-likeness (QED) is 0.348. The first-order valence-corrected chi connectivity index (χ1v) is 7.53. The van der Waals surface area contributed by atoms with Crippen molar-refractivity contribution in [2.75, 3.05) is 0 Å². The van der Waals surface area contributed by atoms with Gasteiger partial charge in [-0.05, 0) is 49.9 Å². The molecule has 21 heavy (non-hydrogen) atoms. The van der Waals surface area contributed by atoms with E-state index >= 15 is 0 Å². The molecule has 120 valence electrons. The van der Waals surface area contributed by atoms with Crippen molar-refractivity contribution >= 4 is 18.0 Å². The maximum absolute atomic E-state index is 13.5. The van der Waals surface area contributed by atoms with Crippen LogP contribution in [-0.4, -0.2) is 28.0 Å². The van der Waals surface area contributed by atoms with Crippen molar-refractivity contribution in [3.05, 3.63) is 0 Å². The molecule has 0 aliphatic heterocycles. The molecule has 4 fully saturated rings. The van der Waals surface area contributed by atoms with Crippen molar-refractivity contribution in [2.45, 2.75) is 49.1 Å². The molecule has 4 aliphatic carbocycles. The second kappa shape index (κ2) is 5.31. The summed E-state index contributed by atoms with van der Waals surface area (Å²) < 4.78 is 35.6. The minimum Gasteiger partial charge on any atom is -0.691 e. The van der Waals surface area contributed by atoms with Crippen molar-refractivity contribution in [1.29, 1.82) is 0 Å². The summed E-state index contributed by atoms with van der Waals surface area (Å²) >= 11 is -0.676. The number of carbonyl (C=O) groups excluding carboxylic acids is 1. The Kier molecular flexibility index (Phi) is 3.90. The monoisotopic (exact) mass is 325 g/mol. The molecule has 2 unspecified atom stereocenters. The van der Waals surface area contributed by atoms with E-state index in [2.05, 4.69) is 9.37 Å². The first kappa shape index (κ1) is 15.4. The fourth-order valence-electron chi connectivity index (χ4n) is 4.39. The van der Waals surface area contributed by atoms with Gasteiger partial charge in [0.1, 0.15) is 17.6 Å². The molecule has 1 N–H and O–H groups in total. The Morgan fingerprint density at radius 1 is 1.29 bits per heavy atom. The van der Waals surface area contributed by atoms with Crippen LogP contribution < -0.4 is 5.26 Å². The van der Waals surface area contributed by atoms with Gasteiger partial charge in [0.05, 0.1) is 6.10 Å². The highest BCUT2D eigenvalue weighted by molar-refractivity contribution is 7.96. The average molecular weight is 325 g/mol. The first-order chi connectivity index (χ1) is 9.85. The molecule has 4 saturated carbocycles. The number of alkyl halides is 2. The van der Waals surface area contributed by atoms with Gasteiger partial charge in [0.2, 0.25) is 0 Å². The van der Waals surface area contributed by atoms with Crippen LogP contribution in [0.2, 0.25) is 0 Å². The predicted molar refractivity (Wildman–Crippen MR) is 63.1 cm³/mol. The molecule has 0 spiro atoms. The summed E-state index contributed by atoms with van der Waals surface area (Å²) in [6, 6.07) is 0. The summed E-state index contributed by atoms with van der Waals surface area (Å²) in [6.07, 6.45) is 2.65. The lowest BCUT2D eigenvalue weighted by Crippen LogP contribution is -2.59. The van der Waals surface area contributed by atoms with Crippen molar-refractivity contribution in [1.82, 2.24) is 0 Å². The first-order valence-electron chi connectivity index (χ1n) is 6.79. The number of esters is 1. The SMILES string of the molecule is O=C(OC12CC3CC(C1)C(O)C(C3)C2)C(F)(F)SOO[O-]. The number of carbonyl (C=O) groups is 1. The van der Waals surface area contributed by atoms with Gasteiger partial charge in [0, 0.05) is 0 Å². The number of ether oxygens (including phenoxy) is 1. The number of halogens is 2. The summed E-state index contributed by atoms with van der Waals surface area (Å²) in [7, 11) is 0. The fourth-order valence-corrected chi connectivity index (χ4v) is 4.62. The zero-order valence-corrected chi connectivity index (χ0v) is 11.8. The van der Waals surface area contributed by atoms with Gasteiger partial charge in [-0.2, -0.15) is 13.1 Å². The minimum absolute atomic E-state index is 0.00607. The molecule has 0 heterocycles. The largest absolute Gasteiger partial charge is 0.691 e. The van der Waals surface area contributed by atoms with Gasteiger partial charge in [0.15, 0.2) is 0 Å². The van der Waals surface area contributed by atoms with Gasteiger partial charge in [-0.1, -0.05) is 0 Å². The molecule has 0 saturated heterocycles. The lowest BCUT2D eigenvalue weighted by molar-refractivity contribution is -0.777. The van der Waals surface area contributed by atoms with Crippen molar-refractivity contribution in [2.24, 2.45) is 17.8 Å². The van der Waals surface area contributed by atoms with Gasteiger partial charge in [-0.25, -0.2) is 4.79 Å². The van der Waals surface area contributed by atoms with Crippen LogP contribution in [0.25, 0.3) is 0 Å². The lowest BCUT2D eigenvalue weighted by Gasteiger charge is -2.57. The van der Waals surface area contributed by atoms with Gasteiger partial charge < -0.3 is 15.1 Å². The molecule has 2 atom stereocenters. The van der Waals surface area contributed by atoms with Crippen molar-refractivity contribution in [3.8, 4) is 0 Å². The molecule has 0 radical (unpaired) electrons. The number of aliphatic hydroxyl groups is 1. The van der Waals surface area contributed by atoms with E-state index in [4.69, 9.17) is 4.74 Å². The van der Waals surface area contributed by atoms with E-state index < -0.39 is 35.0 Å². The Labute approximate surface area is 123 Å². The van der Waals surface area contributed by atoms with E-state index in [1.807, 2.05) is 0 Å². The van der Waals surface area contributed by atoms with Crippen LogP contribution in [0.5, 0.6) is 0 Å². The van der Waals surface area contributed by atoms with Gasteiger partial charge in [-0.3, -0.25) is 5.04 Å². The van der Waals surface area contributed by atoms with E-state index in [1.165, 1.54) is 0 Å². The second-order valence-electron chi connectivity index (χ2n) is 6.27. The smallest absolute Gasteiger partial charge is 0.415 e. The molecule has 0 aromatic heterocycles. The van der Waals surface area contributed by atoms with E-state index in [-0.39, 0.29) is 11.8 Å². The molecule has 4 bridgehead atoms. The van der Waals surface area contributed by atoms with Crippen molar-refractivity contribution < 1.29 is 38.0 Å². The Morgan fingerprint density at radius 3 is 2.48 bits per heavy atom.